The number of nitrogens with two attached hydrogens (primary N) is 1. The number of pyridine rings is 1. The number of phenolic OH excluding ortho intramolecular Hbond substituents is 1. The first-order valence-corrected chi connectivity index (χ1v) is 14.4. The maximum absolute atomic E-state index is 13.2. The highest BCUT2D eigenvalue weighted by molar-refractivity contribution is 5.87. The first-order chi connectivity index (χ1) is 20.6. The van der Waals surface area contributed by atoms with Gasteiger partial charge in [0.2, 0.25) is 11.8 Å². The molecule has 0 saturated heterocycles. The number of aromatic nitrogens is 3. The molecule has 10 heteroatoms. The Balaban J connectivity index is 1.46. The van der Waals surface area contributed by atoms with Gasteiger partial charge in [0.05, 0.1) is 18.0 Å². The predicted molar refractivity (Wildman–Crippen MR) is 167 cm³/mol. The van der Waals surface area contributed by atoms with Crippen LogP contribution in [0.15, 0.2) is 79.1 Å². The Hall–Kier alpha value is -4.70. The minimum absolute atomic E-state index is 0.0102. The Morgan fingerprint density at radius 3 is 2.40 bits per heavy atom. The van der Waals surface area contributed by atoms with Gasteiger partial charge in [0.25, 0.3) is 0 Å². The Morgan fingerprint density at radius 2 is 1.79 bits per heavy atom. The summed E-state index contributed by atoms with van der Waals surface area (Å²) in [6, 6.07) is 19.5. The smallest absolute Gasteiger partial charge is 0.240 e. The van der Waals surface area contributed by atoms with Gasteiger partial charge in [0, 0.05) is 50.0 Å². The molecule has 4 rings (SSSR count). The quantitative estimate of drug-likeness (QED) is 0.173. The SMILES string of the molecule is CC(C)(C)c1ccc(-n2nc(-c3cccnc3)cc2NCCCC(=O)N(CCO)[C@@H](Cc2ccc(O)cc2)C(N)=O)cc1. The van der Waals surface area contributed by atoms with Crippen molar-refractivity contribution in [3.63, 3.8) is 0 Å². The lowest BCUT2D eigenvalue weighted by Gasteiger charge is -2.29. The van der Waals surface area contributed by atoms with Crippen LogP contribution in [0, 0.1) is 0 Å². The molecule has 0 radical (unpaired) electrons. The summed E-state index contributed by atoms with van der Waals surface area (Å²) < 4.78 is 1.84. The third kappa shape index (κ3) is 8.20. The van der Waals surface area contributed by atoms with Crippen LogP contribution in [0.4, 0.5) is 5.82 Å². The van der Waals surface area contributed by atoms with Gasteiger partial charge in [-0.1, -0.05) is 45.0 Å². The maximum atomic E-state index is 13.2. The second-order valence-electron chi connectivity index (χ2n) is 11.5. The van der Waals surface area contributed by atoms with Crippen LogP contribution in [-0.4, -0.2) is 67.4 Å². The van der Waals surface area contributed by atoms with E-state index < -0.39 is 11.9 Å². The molecule has 5 N–H and O–H groups in total. The van der Waals surface area contributed by atoms with Gasteiger partial charge in [-0.25, -0.2) is 4.68 Å². The molecule has 0 aliphatic heterocycles. The van der Waals surface area contributed by atoms with Gasteiger partial charge in [0.15, 0.2) is 0 Å². The van der Waals surface area contributed by atoms with E-state index in [0.717, 1.165) is 28.3 Å². The van der Waals surface area contributed by atoms with Gasteiger partial charge >= 0.3 is 0 Å². The number of benzene rings is 2. The summed E-state index contributed by atoms with van der Waals surface area (Å²) in [7, 11) is 0. The fourth-order valence-electron chi connectivity index (χ4n) is 4.84. The molecule has 0 aliphatic carbocycles. The molecule has 2 amide bonds. The van der Waals surface area contributed by atoms with Gasteiger partial charge in [0.1, 0.15) is 17.6 Å². The highest BCUT2D eigenvalue weighted by atomic mass is 16.3. The van der Waals surface area contributed by atoms with Crippen LogP contribution in [-0.2, 0) is 21.4 Å². The third-order valence-electron chi connectivity index (χ3n) is 7.25. The monoisotopic (exact) mass is 584 g/mol. The first kappa shape index (κ1) is 31.2. The number of amides is 2. The molecule has 43 heavy (non-hydrogen) atoms. The van der Waals surface area contributed by atoms with Crippen molar-refractivity contribution in [1.29, 1.82) is 0 Å². The van der Waals surface area contributed by atoms with Crippen molar-refractivity contribution in [3.8, 4) is 22.7 Å². The number of carbonyl (C=O) groups excluding carboxylic acids is 2. The molecule has 0 aliphatic rings. The minimum atomic E-state index is -0.920. The van der Waals surface area contributed by atoms with E-state index in [0.29, 0.717) is 13.0 Å². The summed E-state index contributed by atoms with van der Waals surface area (Å²) in [5.74, 6) is -0.0616. The topological polar surface area (TPSA) is 147 Å². The Morgan fingerprint density at radius 1 is 1.07 bits per heavy atom. The van der Waals surface area contributed by atoms with Gasteiger partial charge in [-0.15, -0.1) is 0 Å². The van der Waals surface area contributed by atoms with E-state index >= 15 is 0 Å². The molecule has 0 spiro atoms. The van der Waals surface area contributed by atoms with Crippen molar-refractivity contribution in [2.75, 3.05) is 25.0 Å². The maximum Gasteiger partial charge on any atom is 0.240 e. The summed E-state index contributed by atoms with van der Waals surface area (Å²) >= 11 is 0. The molecule has 226 valence electrons. The van der Waals surface area contributed by atoms with Gasteiger partial charge < -0.3 is 26.2 Å². The van der Waals surface area contributed by atoms with E-state index in [-0.39, 0.29) is 43.1 Å². The van der Waals surface area contributed by atoms with Crippen LogP contribution in [0.2, 0.25) is 0 Å². The molecular formula is C33H40N6O4. The van der Waals surface area contributed by atoms with Crippen LogP contribution >= 0.6 is 0 Å². The predicted octanol–water partition coefficient (Wildman–Crippen LogP) is 4.05. The first-order valence-electron chi connectivity index (χ1n) is 14.4. The average molecular weight is 585 g/mol. The number of carbonyl (C=O) groups is 2. The highest BCUT2D eigenvalue weighted by Crippen LogP contribution is 2.27. The lowest BCUT2D eigenvalue weighted by Crippen LogP contribution is -2.50. The van der Waals surface area contributed by atoms with Crippen LogP contribution in [0.25, 0.3) is 16.9 Å². The molecule has 0 fully saturated rings. The van der Waals surface area contributed by atoms with Crippen molar-refractivity contribution in [2.24, 2.45) is 5.73 Å². The average Bonchev–Trinajstić information content (AvgIpc) is 3.42. The molecule has 4 aromatic rings. The van der Waals surface area contributed by atoms with E-state index in [9.17, 15) is 19.8 Å². The fraction of sp³-hybridized carbons (Fsp3) is 0.333. The van der Waals surface area contributed by atoms with Crippen LogP contribution in [0.1, 0.15) is 44.7 Å². The summed E-state index contributed by atoms with van der Waals surface area (Å²) in [6.07, 6.45) is 4.29. The van der Waals surface area contributed by atoms with E-state index in [1.54, 1.807) is 24.5 Å². The number of phenols is 1. The molecular weight excluding hydrogens is 544 g/mol. The molecule has 0 saturated carbocycles. The number of aliphatic hydroxyl groups is 1. The second kappa shape index (κ2) is 14.0. The normalized spacial score (nSPS) is 12.1. The second-order valence-corrected chi connectivity index (χ2v) is 11.5. The Bertz CT molecular complexity index is 1500. The number of anilines is 1. The van der Waals surface area contributed by atoms with Crippen LogP contribution in [0.3, 0.4) is 0 Å². The largest absolute Gasteiger partial charge is 0.508 e. The summed E-state index contributed by atoms with van der Waals surface area (Å²) in [4.78, 5) is 31.1. The van der Waals surface area contributed by atoms with Gasteiger partial charge in [-0.3, -0.25) is 14.6 Å². The number of primary amides is 1. The molecule has 2 aromatic heterocycles. The van der Waals surface area contributed by atoms with Crippen LogP contribution < -0.4 is 11.1 Å². The van der Waals surface area contributed by atoms with E-state index in [1.807, 2.05) is 35.0 Å². The van der Waals surface area contributed by atoms with E-state index in [1.165, 1.54) is 22.6 Å². The standard InChI is InChI=1S/C33H40N6O4/c1-33(2,3)25-10-12-26(13-11-25)39-30(21-28(37-39)24-6-4-16-35-22-24)36-17-5-7-31(42)38(18-19-40)29(32(34)43)20-23-8-14-27(41)15-9-23/h4,6,8-16,21-22,29,36,40-41H,5,7,17-20H2,1-3H3,(H2,34,43)/t29-/m0/s1. The molecule has 0 bridgehead atoms. The zero-order valence-corrected chi connectivity index (χ0v) is 24.9. The Kier molecular flexibility index (Phi) is 10.2. The van der Waals surface area contributed by atoms with Crippen molar-refractivity contribution < 1.29 is 19.8 Å². The van der Waals surface area contributed by atoms with Gasteiger partial charge in [-0.2, -0.15) is 5.10 Å². The summed E-state index contributed by atoms with van der Waals surface area (Å²) in [5.41, 5.74) is 10.2. The van der Waals surface area contributed by atoms with E-state index in [4.69, 9.17) is 10.8 Å². The zero-order chi connectivity index (χ0) is 31.0. The summed E-state index contributed by atoms with van der Waals surface area (Å²) in [6.45, 7) is 6.68. The number of nitrogens with one attached hydrogen (secondary N) is 1. The minimum Gasteiger partial charge on any atom is -0.508 e. The third-order valence-corrected chi connectivity index (χ3v) is 7.25. The number of nitrogens with zero attached hydrogens (tertiary/aromatic N) is 4. The van der Waals surface area contributed by atoms with Crippen molar-refractivity contribution in [1.82, 2.24) is 19.7 Å². The Labute approximate surface area is 252 Å². The number of hydrogen-bond acceptors (Lipinski definition) is 7. The molecule has 10 nitrogen and oxygen atoms in total. The lowest BCUT2D eigenvalue weighted by molar-refractivity contribution is -0.139. The summed E-state index contributed by atoms with van der Waals surface area (Å²) in [5, 5.41) is 27.4. The number of aliphatic hydroxyl groups excluding tert-OH is 1. The lowest BCUT2D eigenvalue weighted by atomic mass is 9.87. The van der Waals surface area contributed by atoms with Crippen molar-refractivity contribution >= 4 is 17.6 Å². The molecule has 2 heterocycles. The number of hydrogen-bond donors (Lipinski definition) is 4. The fourth-order valence-corrected chi connectivity index (χ4v) is 4.84. The molecule has 1 atom stereocenters. The van der Waals surface area contributed by atoms with Crippen LogP contribution in [0.5, 0.6) is 5.75 Å². The highest BCUT2D eigenvalue weighted by Gasteiger charge is 2.28. The van der Waals surface area contributed by atoms with Crippen molar-refractivity contribution in [3.05, 3.63) is 90.3 Å². The van der Waals surface area contributed by atoms with Gasteiger partial charge in [-0.05, 0) is 59.4 Å². The van der Waals surface area contributed by atoms with E-state index in [2.05, 4.69) is 43.2 Å². The zero-order valence-electron chi connectivity index (χ0n) is 24.9. The number of rotatable bonds is 13. The molecule has 2 aromatic carbocycles. The number of aromatic hydroxyl groups is 1. The van der Waals surface area contributed by atoms with Crippen molar-refractivity contribution in [2.45, 2.75) is 51.5 Å². The molecule has 0 unspecified atom stereocenters.